The summed E-state index contributed by atoms with van der Waals surface area (Å²) in [5.41, 5.74) is 2.48. The van der Waals surface area contributed by atoms with E-state index in [0.717, 1.165) is 37.2 Å². The van der Waals surface area contributed by atoms with Gasteiger partial charge in [-0.3, -0.25) is 14.9 Å². The van der Waals surface area contributed by atoms with Gasteiger partial charge in [-0.15, -0.1) is 0 Å². The molecule has 1 saturated heterocycles. The second-order valence-electron chi connectivity index (χ2n) is 6.12. The monoisotopic (exact) mass is 274 g/mol. The highest BCUT2D eigenvalue weighted by atomic mass is 16.6. The van der Waals surface area contributed by atoms with Crippen molar-refractivity contribution in [2.75, 3.05) is 18.0 Å². The second kappa shape index (κ2) is 4.58. The molecule has 5 heteroatoms. The molecule has 5 nitrogen and oxygen atoms in total. The van der Waals surface area contributed by atoms with Crippen molar-refractivity contribution in [3.05, 3.63) is 33.9 Å². The third kappa shape index (κ3) is 2.17. The normalized spacial score (nSPS) is 20.9. The Morgan fingerprint density at radius 1 is 1.25 bits per heavy atom. The number of ketones is 1. The number of hydrogen-bond acceptors (Lipinski definition) is 4. The van der Waals surface area contributed by atoms with Gasteiger partial charge in [-0.25, -0.2) is 0 Å². The van der Waals surface area contributed by atoms with Crippen LogP contribution in [0.4, 0.5) is 11.4 Å². The molecule has 0 N–H and O–H groups in total. The largest absolute Gasteiger partial charge is 0.370 e. The number of non-ortho nitro benzene ring substituents is 1. The fourth-order valence-electron chi connectivity index (χ4n) is 3.42. The average Bonchev–Trinajstić information content (AvgIpc) is 2.38. The van der Waals surface area contributed by atoms with Crippen LogP contribution in [0.3, 0.4) is 0 Å². The third-order valence-corrected chi connectivity index (χ3v) is 4.65. The molecule has 106 valence electrons. The van der Waals surface area contributed by atoms with Gasteiger partial charge < -0.3 is 4.90 Å². The van der Waals surface area contributed by atoms with Crippen LogP contribution in [0.15, 0.2) is 18.2 Å². The number of carbonyl (C=O) groups is 1. The van der Waals surface area contributed by atoms with Gasteiger partial charge >= 0.3 is 0 Å². The average molecular weight is 274 g/mol. The van der Waals surface area contributed by atoms with Crippen molar-refractivity contribution in [1.82, 2.24) is 0 Å². The maximum absolute atomic E-state index is 11.3. The summed E-state index contributed by atoms with van der Waals surface area (Å²) < 4.78 is 0. The van der Waals surface area contributed by atoms with E-state index in [0.29, 0.717) is 24.0 Å². The van der Waals surface area contributed by atoms with Gasteiger partial charge in [0, 0.05) is 49.2 Å². The van der Waals surface area contributed by atoms with E-state index in [-0.39, 0.29) is 10.6 Å². The Morgan fingerprint density at radius 3 is 2.45 bits per heavy atom. The summed E-state index contributed by atoms with van der Waals surface area (Å²) in [6, 6.07) is 5.04. The van der Waals surface area contributed by atoms with Crippen molar-refractivity contribution in [2.24, 2.45) is 5.41 Å². The number of benzene rings is 1. The highest BCUT2D eigenvalue weighted by molar-refractivity contribution is 5.79. The summed E-state index contributed by atoms with van der Waals surface area (Å²) in [6.07, 6.45) is 3.42. The number of nitro groups is 1. The molecule has 0 amide bonds. The molecule has 3 rings (SSSR count). The quantitative estimate of drug-likeness (QED) is 0.614. The first kappa shape index (κ1) is 13.1. The summed E-state index contributed by atoms with van der Waals surface area (Å²) >= 11 is 0. The van der Waals surface area contributed by atoms with Crippen LogP contribution in [-0.4, -0.2) is 23.8 Å². The highest BCUT2D eigenvalue weighted by Crippen LogP contribution is 2.45. The minimum Gasteiger partial charge on any atom is -0.370 e. The Hall–Kier alpha value is -1.91. The molecule has 1 spiro atoms. The predicted octanol–water partition coefficient (Wildman–Crippen LogP) is 2.85. The van der Waals surface area contributed by atoms with Crippen molar-refractivity contribution >= 4 is 17.2 Å². The second-order valence-corrected chi connectivity index (χ2v) is 6.12. The van der Waals surface area contributed by atoms with Crippen LogP contribution in [0.5, 0.6) is 0 Å². The summed E-state index contributed by atoms with van der Waals surface area (Å²) in [7, 11) is 0. The molecule has 2 aliphatic rings. The van der Waals surface area contributed by atoms with Gasteiger partial charge in [-0.1, -0.05) is 0 Å². The maximum atomic E-state index is 11.3. The van der Waals surface area contributed by atoms with Crippen molar-refractivity contribution < 1.29 is 9.72 Å². The van der Waals surface area contributed by atoms with Gasteiger partial charge in [-0.2, -0.15) is 0 Å². The molecule has 1 aromatic carbocycles. The number of nitrogens with zero attached hydrogens (tertiary/aromatic N) is 2. The number of nitro benzene ring substituents is 1. The Morgan fingerprint density at radius 2 is 1.90 bits per heavy atom. The van der Waals surface area contributed by atoms with Crippen molar-refractivity contribution in [2.45, 2.75) is 32.6 Å². The zero-order valence-electron chi connectivity index (χ0n) is 11.6. The summed E-state index contributed by atoms with van der Waals surface area (Å²) in [4.78, 5) is 24.0. The molecule has 1 aliphatic heterocycles. The maximum Gasteiger partial charge on any atom is 0.269 e. The van der Waals surface area contributed by atoms with Gasteiger partial charge in [0.2, 0.25) is 0 Å². The fourth-order valence-corrected chi connectivity index (χ4v) is 3.42. The summed E-state index contributed by atoms with van der Waals surface area (Å²) in [5, 5.41) is 10.8. The third-order valence-electron chi connectivity index (χ3n) is 4.65. The van der Waals surface area contributed by atoms with Gasteiger partial charge in [0.1, 0.15) is 5.78 Å². The summed E-state index contributed by atoms with van der Waals surface area (Å²) in [5.74, 6) is 0.389. The lowest BCUT2D eigenvalue weighted by atomic mass is 9.68. The lowest BCUT2D eigenvalue weighted by Gasteiger charge is -2.53. The van der Waals surface area contributed by atoms with Crippen LogP contribution < -0.4 is 4.90 Å². The zero-order valence-corrected chi connectivity index (χ0v) is 11.6. The van der Waals surface area contributed by atoms with E-state index in [1.165, 1.54) is 0 Å². The first-order chi connectivity index (χ1) is 9.49. The first-order valence-corrected chi connectivity index (χ1v) is 7.01. The smallest absolute Gasteiger partial charge is 0.269 e. The van der Waals surface area contributed by atoms with Crippen molar-refractivity contribution in [3.63, 3.8) is 0 Å². The van der Waals surface area contributed by atoms with Crippen LogP contribution in [0, 0.1) is 22.5 Å². The predicted molar refractivity (Wildman–Crippen MR) is 76.0 cm³/mol. The van der Waals surface area contributed by atoms with Crippen molar-refractivity contribution in [1.29, 1.82) is 0 Å². The number of rotatable bonds is 2. The topological polar surface area (TPSA) is 63.5 Å². The molecule has 0 radical (unpaired) electrons. The van der Waals surface area contributed by atoms with E-state index < -0.39 is 0 Å². The van der Waals surface area contributed by atoms with E-state index in [9.17, 15) is 14.9 Å². The molecular weight excluding hydrogens is 256 g/mol. The van der Waals surface area contributed by atoms with E-state index in [2.05, 4.69) is 4.90 Å². The number of hydrogen-bond donors (Lipinski definition) is 0. The minimum atomic E-state index is -0.360. The fraction of sp³-hybridized carbons (Fsp3) is 0.533. The standard InChI is InChI=1S/C15H18N2O3/c1-11-8-12(17(19)20)2-3-14(11)16-9-15(10-16)6-4-13(18)5-7-15/h2-3,8H,4-7,9-10H2,1H3. The molecule has 1 saturated carbocycles. The molecule has 0 atom stereocenters. The van der Waals surface area contributed by atoms with Crippen LogP contribution in [0.2, 0.25) is 0 Å². The minimum absolute atomic E-state index is 0.143. The van der Waals surface area contributed by atoms with Crippen molar-refractivity contribution in [3.8, 4) is 0 Å². The molecule has 0 bridgehead atoms. The molecule has 20 heavy (non-hydrogen) atoms. The Kier molecular flexibility index (Phi) is 3.00. The van der Waals surface area contributed by atoms with Gasteiger partial charge in [-0.05, 0) is 31.4 Å². The van der Waals surface area contributed by atoms with E-state index in [1.54, 1.807) is 12.1 Å². The SMILES string of the molecule is Cc1cc([N+](=O)[O-])ccc1N1CC2(CCC(=O)CC2)C1. The number of Topliss-reactive ketones (excluding diaryl/α,β-unsaturated/α-hetero) is 1. The van der Waals surface area contributed by atoms with Gasteiger partial charge in [0.15, 0.2) is 0 Å². The first-order valence-electron chi connectivity index (χ1n) is 7.01. The highest BCUT2D eigenvalue weighted by Gasteiger charge is 2.45. The Labute approximate surface area is 117 Å². The molecule has 2 fully saturated rings. The molecule has 1 aliphatic carbocycles. The van der Waals surface area contributed by atoms with Crippen LogP contribution in [0.25, 0.3) is 0 Å². The molecule has 0 unspecified atom stereocenters. The van der Waals surface area contributed by atoms with Crippen LogP contribution >= 0.6 is 0 Å². The number of anilines is 1. The van der Waals surface area contributed by atoms with Crippen LogP contribution in [-0.2, 0) is 4.79 Å². The van der Waals surface area contributed by atoms with E-state index >= 15 is 0 Å². The van der Waals surface area contributed by atoms with E-state index in [1.807, 2.05) is 13.0 Å². The Balaban J connectivity index is 1.71. The molecule has 1 aromatic rings. The molecule has 1 heterocycles. The van der Waals surface area contributed by atoms with Crippen LogP contribution in [0.1, 0.15) is 31.2 Å². The summed E-state index contributed by atoms with van der Waals surface area (Å²) in [6.45, 7) is 3.86. The van der Waals surface area contributed by atoms with E-state index in [4.69, 9.17) is 0 Å². The zero-order chi connectivity index (χ0) is 14.3. The number of aryl methyl sites for hydroxylation is 1. The van der Waals surface area contributed by atoms with Gasteiger partial charge in [0.05, 0.1) is 4.92 Å². The number of carbonyl (C=O) groups excluding carboxylic acids is 1. The Bertz CT molecular complexity index is 564. The lowest BCUT2D eigenvalue weighted by molar-refractivity contribution is -0.384. The lowest BCUT2D eigenvalue weighted by Crippen LogP contribution is -2.58. The van der Waals surface area contributed by atoms with Gasteiger partial charge in [0.25, 0.3) is 5.69 Å². The molecule has 0 aromatic heterocycles. The molecular formula is C15H18N2O3.